The quantitative estimate of drug-likeness (QED) is 0.639. The SMILES string of the molecule is CCCN1CCCC(NCCCCCO)CC1. The zero-order valence-electron chi connectivity index (χ0n) is 11.5. The van der Waals surface area contributed by atoms with E-state index in [0.29, 0.717) is 6.61 Å². The van der Waals surface area contributed by atoms with Gasteiger partial charge in [-0.05, 0) is 71.1 Å². The predicted molar refractivity (Wildman–Crippen MR) is 73.3 cm³/mol. The minimum atomic E-state index is 0.343. The van der Waals surface area contributed by atoms with Crippen LogP contribution < -0.4 is 5.32 Å². The lowest BCUT2D eigenvalue weighted by atomic mass is 10.1. The molecular weight excluding hydrogens is 212 g/mol. The van der Waals surface area contributed by atoms with E-state index in [1.54, 1.807) is 0 Å². The molecule has 0 saturated carbocycles. The summed E-state index contributed by atoms with van der Waals surface area (Å²) in [6.07, 6.45) is 8.57. The van der Waals surface area contributed by atoms with Crippen molar-refractivity contribution in [1.29, 1.82) is 0 Å². The summed E-state index contributed by atoms with van der Waals surface area (Å²) in [6, 6.07) is 0.728. The number of hydrogen-bond acceptors (Lipinski definition) is 3. The van der Waals surface area contributed by atoms with Crippen molar-refractivity contribution in [3.05, 3.63) is 0 Å². The van der Waals surface area contributed by atoms with Gasteiger partial charge in [0.1, 0.15) is 0 Å². The van der Waals surface area contributed by atoms with Crippen LogP contribution in [-0.4, -0.2) is 48.8 Å². The second-order valence-corrected chi connectivity index (χ2v) is 5.21. The summed E-state index contributed by atoms with van der Waals surface area (Å²) in [5, 5.41) is 12.4. The maximum absolute atomic E-state index is 8.71. The monoisotopic (exact) mass is 242 g/mol. The second kappa shape index (κ2) is 9.86. The largest absolute Gasteiger partial charge is 0.396 e. The summed E-state index contributed by atoms with van der Waals surface area (Å²) in [6.45, 7) is 7.55. The molecule has 1 unspecified atom stereocenters. The molecule has 0 aromatic carbocycles. The van der Waals surface area contributed by atoms with Crippen LogP contribution in [0, 0.1) is 0 Å². The summed E-state index contributed by atoms with van der Waals surface area (Å²) >= 11 is 0. The van der Waals surface area contributed by atoms with Gasteiger partial charge in [0.15, 0.2) is 0 Å². The third kappa shape index (κ3) is 7.02. The Bertz CT molecular complexity index is 176. The molecule has 1 rings (SSSR count). The first-order valence-corrected chi connectivity index (χ1v) is 7.43. The van der Waals surface area contributed by atoms with E-state index in [2.05, 4.69) is 17.1 Å². The van der Waals surface area contributed by atoms with Crippen LogP contribution in [0.2, 0.25) is 0 Å². The van der Waals surface area contributed by atoms with Crippen molar-refractivity contribution in [2.45, 2.75) is 57.9 Å². The highest BCUT2D eigenvalue weighted by molar-refractivity contribution is 4.74. The molecule has 1 atom stereocenters. The first-order chi connectivity index (χ1) is 8.36. The van der Waals surface area contributed by atoms with Crippen molar-refractivity contribution in [2.75, 3.05) is 32.8 Å². The van der Waals surface area contributed by atoms with Crippen molar-refractivity contribution in [2.24, 2.45) is 0 Å². The molecule has 0 aromatic rings. The van der Waals surface area contributed by atoms with Gasteiger partial charge in [-0.1, -0.05) is 6.92 Å². The van der Waals surface area contributed by atoms with Gasteiger partial charge in [-0.15, -0.1) is 0 Å². The van der Waals surface area contributed by atoms with Gasteiger partial charge in [0.25, 0.3) is 0 Å². The third-order valence-corrected chi connectivity index (χ3v) is 3.63. The number of likely N-dealkylation sites (tertiary alicyclic amines) is 1. The van der Waals surface area contributed by atoms with Crippen molar-refractivity contribution in [3.63, 3.8) is 0 Å². The fourth-order valence-corrected chi connectivity index (χ4v) is 2.62. The fourth-order valence-electron chi connectivity index (χ4n) is 2.62. The minimum absolute atomic E-state index is 0.343. The lowest BCUT2D eigenvalue weighted by Crippen LogP contribution is -2.31. The Morgan fingerprint density at radius 1 is 1.18 bits per heavy atom. The number of aliphatic hydroxyl groups excluding tert-OH is 1. The summed E-state index contributed by atoms with van der Waals surface area (Å²) in [5.74, 6) is 0. The van der Waals surface area contributed by atoms with E-state index in [1.165, 1.54) is 51.7 Å². The lowest BCUT2D eigenvalue weighted by molar-refractivity contribution is 0.279. The Balaban J connectivity index is 2.05. The van der Waals surface area contributed by atoms with E-state index in [0.717, 1.165) is 25.4 Å². The smallest absolute Gasteiger partial charge is 0.0431 e. The van der Waals surface area contributed by atoms with Gasteiger partial charge in [-0.2, -0.15) is 0 Å². The highest BCUT2D eigenvalue weighted by atomic mass is 16.2. The Hall–Kier alpha value is -0.120. The second-order valence-electron chi connectivity index (χ2n) is 5.21. The maximum Gasteiger partial charge on any atom is 0.0431 e. The molecule has 17 heavy (non-hydrogen) atoms. The highest BCUT2D eigenvalue weighted by Crippen LogP contribution is 2.11. The van der Waals surface area contributed by atoms with Gasteiger partial charge in [0.05, 0.1) is 0 Å². The van der Waals surface area contributed by atoms with Crippen molar-refractivity contribution in [1.82, 2.24) is 10.2 Å². The van der Waals surface area contributed by atoms with Gasteiger partial charge in [0.2, 0.25) is 0 Å². The number of nitrogens with zero attached hydrogens (tertiary/aromatic N) is 1. The zero-order valence-corrected chi connectivity index (χ0v) is 11.5. The van der Waals surface area contributed by atoms with Gasteiger partial charge < -0.3 is 15.3 Å². The number of aliphatic hydroxyl groups is 1. The third-order valence-electron chi connectivity index (χ3n) is 3.63. The Morgan fingerprint density at radius 3 is 2.82 bits per heavy atom. The van der Waals surface area contributed by atoms with Gasteiger partial charge in [-0.25, -0.2) is 0 Å². The summed E-state index contributed by atoms with van der Waals surface area (Å²) in [5.41, 5.74) is 0. The Morgan fingerprint density at radius 2 is 2.06 bits per heavy atom. The van der Waals surface area contributed by atoms with Crippen LogP contribution in [0.25, 0.3) is 0 Å². The Kier molecular flexibility index (Phi) is 8.67. The first kappa shape index (κ1) is 14.9. The molecule has 1 aliphatic rings. The van der Waals surface area contributed by atoms with Crippen LogP contribution in [0.15, 0.2) is 0 Å². The average molecular weight is 242 g/mol. The van der Waals surface area contributed by atoms with E-state index >= 15 is 0 Å². The summed E-state index contributed by atoms with van der Waals surface area (Å²) < 4.78 is 0. The molecular formula is C14H30N2O. The average Bonchev–Trinajstić information content (AvgIpc) is 2.55. The van der Waals surface area contributed by atoms with E-state index in [9.17, 15) is 0 Å². The van der Waals surface area contributed by atoms with Gasteiger partial charge in [0, 0.05) is 12.6 Å². The van der Waals surface area contributed by atoms with Gasteiger partial charge in [-0.3, -0.25) is 0 Å². The van der Waals surface area contributed by atoms with Crippen LogP contribution in [-0.2, 0) is 0 Å². The number of nitrogens with one attached hydrogen (secondary N) is 1. The Labute approximate surface area is 107 Å². The summed E-state index contributed by atoms with van der Waals surface area (Å²) in [7, 11) is 0. The van der Waals surface area contributed by atoms with Crippen LogP contribution in [0.3, 0.4) is 0 Å². The minimum Gasteiger partial charge on any atom is -0.396 e. The zero-order chi connectivity index (χ0) is 12.3. The fraction of sp³-hybridized carbons (Fsp3) is 1.00. The molecule has 0 radical (unpaired) electrons. The van der Waals surface area contributed by atoms with E-state index in [4.69, 9.17) is 5.11 Å². The molecule has 102 valence electrons. The predicted octanol–water partition coefficient (Wildman–Crippen LogP) is 2.00. The molecule has 0 spiro atoms. The molecule has 1 saturated heterocycles. The number of unbranched alkanes of at least 4 members (excludes halogenated alkanes) is 2. The molecule has 3 heteroatoms. The lowest BCUT2D eigenvalue weighted by Gasteiger charge is -2.19. The normalized spacial score (nSPS) is 22.6. The van der Waals surface area contributed by atoms with Crippen LogP contribution in [0.1, 0.15) is 51.9 Å². The van der Waals surface area contributed by atoms with Crippen LogP contribution >= 0.6 is 0 Å². The van der Waals surface area contributed by atoms with Crippen molar-refractivity contribution < 1.29 is 5.11 Å². The first-order valence-electron chi connectivity index (χ1n) is 7.43. The highest BCUT2D eigenvalue weighted by Gasteiger charge is 2.15. The van der Waals surface area contributed by atoms with Crippen LogP contribution in [0.5, 0.6) is 0 Å². The van der Waals surface area contributed by atoms with Gasteiger partial charge >= 0.3 is 0 Å². The molecule has 0 amide bonds. The molecule has 3 nitrogen and oxygen atoms in total. The molecule has 1 aliphatic heterocycles. The van der Waals surface area contributed by atoms with E-state index < -0.39 is 0 Å². The molecule has 1 fully saturated rings. The topological polar surface area (TPSA) is 35.5 Å². The summed E-state index contributed by atoms with van der Waals surface area (Å²) in [4.78, 5) is 2.60. The number of rotatable bonds is 8. The molecule has 0 aliphatic carbocycles. The molecule has 0 aromatic heterocycles. The van der Waals surface area contributed by atoms with Crippen molar-refractivity contribution >= 4 is 0 Å². The van der Waals surface area contributed by atoms with E-state index in [-0.39, 0.29) is 0 Å². The molecule has 2 N–H and O–H groups in total. The standard InChI is InChI=1S/C14H30N2O/c1-2-10-16-11-6-7-14(8-12-16)15-9-4-3-5-13-17/h14-15,17H,2-13H2,1H3. The molecule has 0 bridgehead atoms. The van der Waals surface area contributed by atoms with Crippen LogP contribution in [0.4, 0.5) is 0 Å². The van der Waals surface area contributed by atoms with Crippen molar-refractivity contribution in [3.8, 4) is 0 Å². The molecule has 1 heterocycles. The maximum atomic E-state index is 8.71. The van der Waals surface area contributed by atoms with E-state index in [1.807, 2.05) is 0 Å². The number of hydrogen-bond donors (Lipinski definition) is 2.